The Morgan fingerprint density at radius 3 is 2.19 bits per heavy atom. The molecule has 0 saturated heterocycles. The zero-order valence-electron chi connectivity index (χ0n) is 9.93. The summed E-state index contributed by atoms with van der Waals surface area (Å²) >= 11 is 0. The van der Waals surface area contributed by atoms with Crippen LogP contribution >= 0.6 is 0 Å². The second-order valence-electron chi connectivity index (χ2n) is 3.33. The minimum absolute atomic E-state index is 0.140. The van der Waals surface area contributed by atoms with E-state index in [2.05, 4.69) is 6.92 Å². The summed E-state index contributed by atoms with van der Waals surface area (Å²) in [6, 6.07) is 9.52. The largest absolute Gasteiger partial charge is 0.394 e. The number of hydrogen-bond donors (Lipinski definition) is 2. The molecule has 0 aliphatic carbocycles. The molecule has 0 radical (unpaired) electrons. The average Bonchev–Trinajstić information content (AvgIpc) is 2.36. The van der Waals surface area contributed by atoms with Gasteiger partial charge in [-0.3, -0.25) is 0 Å². The molecule has 0 aliphatic heterocycles. The standard InChI is InChI=1S/C7H8O.C6H14O2/c8-6-7-4-2-1-3-5-7;1-2-3-5-8-6-4-7/h1-5,8H,6H2;7H,2-6H2,1H3. The predicted molar refractivity (Wildman–Crippen MR) is 65.2 cm³/mol. The van der Waals surface area contributed by atoms with E-state index in [4.69, 9.17) is 14.9 Å². The minimum Gasteiger partial charge on any atom is -0.394 e. The Morgan fingerprint density at radius 2 is 1.75 bits per heavy atom. The molecule has 0 fully saturated rings. The normalized spacial score (nSPS) is 9.44. The molecule has 0 aliphatic rings. The highest BCUT2D eigenvalue weighted by Gasteiger charge is 1.82. The maximum absolute atomic E-state index is 8.54. The Balaban J connectivity index is 0.000000281. The van der Waals surface area contributed by atoms with Crippen molar-refractivity contribution in [2.75, 3.05) is 19.8 Å². The van der Waals surface area contributed by atoms with Gasteiger partial charge in [-0.2, -0.15) is 0 Å². The Kier molecular flexibility index (Phi) is 11.5. The first-order valence-corrected chi connectivity index (χ1v) is 5.68. The molecule has 0 atom stereocenters. The lowest BCUT2D eigenvalue weighted by atomic mass is 10.2. The van der Waals surface area contributed by atoms with E-state index in [9.17, 15) is 0 Å². The first-order chi connectivity index (χ1) is 7.85. The summed E-state index contributed by atoms with van der Waals surface area (Å²) in [4.78, 5) is 0. The smallest absolute Gasteiger partial charge is 0.0697 e. The molecule has 0 spiro atoms. The molecule has 0 heterocycles. The van der Waals surface area contributed by atoms with Gasteiger partial charge in [0.05, 0.1) is 19.8 Å². The summed E-state index contributed by atoms with van der Waals surface area (Å²) in [5.41, 5.74) is 0.965. The topological polar surface area (TPSA) is 49.7 Å². The Hall–Kier alpha value is -0.900. The van der Waals surface area contributed by atoms with Crippen LogP contribution in [0.2, 0.25) is 0 Å². The fourth-order valence-corrected chi connectivity index (χ4v) is 0.996. The van der Waals surface area contributed by atoms with Gasteiger partial charge in [0.2, 0.25) is 0 Å². The molecule has 0 saturated carbocycles. The van der Waals surface area contributed by atoms with Crippen molar-refractivity contribution >= 4 is 0 Å². The monoisotopic (exact) mass is 226 g/mol. The van der Waals surface area contributed by atoms with Gasteiger partial charge in [0.25, 0.3) is 0 Å². The molecule has 0 bridgehead atoms. The Morgan fingerprint density at radius 1 is 1.06 bits per heavy atom. The maximum Gasteiger partial charge on any atom is 0.0697 e. The summed E-state index contributed by atoms with van der Waals surface area (Å²) in [6.07, 6.45) is 2.26. The van der Waals surface area contributed by atoms with Crippen LogP contribution < -0.4 is 0 Å². The van der Waals surface area contributed by atoms with Crippen molar-refractivity contribution in [1.82, 2.24) is 0 Å². The summed E-state index contributed by atoms with van der Waals surface area (Å²) < 4.78 is 4.97. The van der Waals surface area contributed by atoms with E-state index in [0.29, 0.717) is 6.61 Å². The molecule has 1 rings (SSSR count). The number of benzene rings is 1. The van der Waals surface area contributed by atoms with Gasteiger partial charge in [-0.25, -0.2) is 0 Å². The zero-order valence-corrected chi connectivity index (χ0v) is 9.93. The van der Waals surface area contributed by atoms with E-state index in [-0.39, 0.29) is 13.2 Å². The van der Waals surface area contributed by atoms with E-state index in [0.717, 1.165) is 25.0 Å². The molecule has 1 aromatic carbocycles. The van der Waals surface area contributed by atoms with Crippen LogP contribution in [0.4, 0.5) is 0 Å². The highest BCUT2D eigenvalue weighted by atomic mass is 16.5. The number of rotatable bonds is 6. The van der Waals surface area contributed by atoms with Crippen molar-refractivity contribution in [2.45, 2.75) is 26.4 Å². The maximum atomic E-state index is 8.54. The van der Waals surface area contributed by atoms with Gasteiger partial charge in [-0.1, -0.05) is 43.7 Å². The van der Waals surface area contributed by atoms with Crippen molar-refractivity contribution in [2.24, 2.45) is 0 Å². The van der Waals surface area contributed by atoms with Crippen molar-refractivity contribution in [3.05, 3.63) is 35.9 Å². The Bertz CT molecular complexity index is 218. The summed E-state index contributed by atoms with van der Waals surface area (Å²) in [7, 11) is 0. The van der Waals surface area contributed by atoms with Gasteiger partial charge in [-0.15, -0.1) is 0 Å². The molecule has 92 valence electrons. The van der Waals surface area contributed by atoms with Gasteiger partial charge in [0, 0.05) is 6.61 Å². The molecule has 2 N–H and O–H groups in total. The average molecular weight is 226 g/mol. The second kappa shape index (κ2) is 12.2. The molecule has 0 unspecified atom stereocenters. The third-order valence-electron chi connectivity index (χ3n) is 1.90. The van der Waals surface area contributed by atoms with Crippen LogP contribution in [0.15, 0.2) is 30.3 Å². The quantitative estimate of drug-likeness (QED) is 0.729. The third kappa shape index (κ3) is 9.65. The molecular formula is C13H22O3. The van der Waals surface area contributed by atoms with E-state index in [1.165, 1.54) is 0 Å². The van der Waals surface area contributed by atoms with E-state index < -0.39 is 0 Å². The number of hydrogen-bond acceptors (Lipinski definition) is 3. The number of unbranched alkanes of at least 4 members (excludes halogenated alkanes) is 1. The van der Waals surface area contributed by atoms with Crippen LogP contribution in [0.25, 0.3) is 0 Å². The Labute approximate surface area is 97.7 Å². The molecule has 3 nitrogen and oxygen atoms in total. The summed E-state index contributed by atoms with van der Waals surface area (Å²) in [6.45, 7) is 3.67. The van der Waals surface area contributed by atoms with Crippen LogP contribution in [0, 0.1) is 0 Å². The highest BCUT2D eigenvalue weighted by molar-refractivity contribution is 5.12. The van der Waals surface area contributed by atoms with Crippen molar-refractivity contribution in [3.8, 4) is 0 Å². The number of aliphatic hydroxyl groups excluding tert-OH is 2. The SMILES string of the molecule is CCCCOCCO.OCc1ccccc1. The number of ether oxygens (including phenoxy) is 1. The van der Waals surface area contributed by atoms with Crippen molar-refractivity contribution < 1.29 is 14.9 Å². The molecule has 16 heavy (non-hydrogen) atoms. The van der Waals surface area contributed by atoms with Gasteiger partial charge in [0.15, 0.2) is 0 Å². The van der Waals surface area contributed by atoms with E-state index in [1.807, 2.05) is 30.3 Å². The van der Waals surface area contributed by atoms with Gasteiger partial charge < -0.3 is 14.9 Å². The lowest BCUT2D eigenvalue weighted by Crippen LogP contribution is -1.99. The first-order valence-electron chi connectivity index (χ1n) is 5.68. The van der Waals surface area contributed by atoms with Crippen LogP contribution in [-0.2, 0) is 11.3 Å². The lowest BCUT2D eigenvalue weighted by Gasteiger charge is -1.97. The van der Waals surface area contributed by atoms with Gasteiger partial charge in [-0.05, 0) is 12.0 Å². The highest BCUT2D eigenvalue weighted by Crippen LogP contribution is 1.95. The molecule has 0 amide bonds. The van der Waals surface area contributed by atoms with Crippen LogP contribution in [-0.4, -0.2) is 30.0 Å². The predicted octanol–water partition coefficient (Wildman–Crippen LogP) is 1.97. The molecule has 3 heteroatoms. The second-order valence-corrected chi connectivity index (χ2v) is 3.33. The van der Waals surface area contributed by atoms with Gasteiger partial charge in [0.1, 0.15) is 0 Å². The number of aliphatic hydroxyl groups is 2. The molecule has 0 aromatic heterocycles. The zero-order chi connectivity index (χ0) is 12.1. The lowest BCUT2D eigenvalue weighted by molar-refractivity contribution is 0.0904. The van der Waals surface area contributed by atoms with Crippen LogP contribution in [0.1, 0.15) is 25.3 Å². The van der Waals surface area contributed by atoms with Crippen molar-refractivity contribution in [1.29, 1.82) is 0 Å². The fraction of sp³-hybridized carbons (Fsp3) is 0.538. The van der Waals surface area contributed by atoms with Crippen molar-refractivity contribution in [3.63, 3.8) is 0 Å². The summed E-state index contributed by atoms with van der Waals surface area (Å²) in [5, 5.41) is 16.8. The molecular weight excluding hydrogens is 204 g/mol. The summed E-state index contributed by atoms with van der Waals surface area (Å²) in [5.74, 6) is 0. The molecule has 1 aromatic rings. The van der Waals surface area contributed by atoms with Crippen LogP contribution in [0.5, 0.6) is 0 Å². The van der Waals surface area contributed by atoms with Gasteiger partial charge >= 0.3 is 0 Å². The van der Waals surface area contributed by atoms with E-state index >= 15 is 0 Å². The minimum atomic E-state index is 0.140. The fourth-order valence-electron chi connectivity index (χ4n) is 0.996. The third-order valence-corrected chi connectivity index (χ3v) is 1.90. The first kappa shape index (κ1) is 15.1. The van der Waals surface area contributed by atoms with E-state index in [1.54, 1.807) is 0 Å². The van der Waals surface area contributed by atoms with Crippen LogP contribution in [0.3, 0.4) is 0 Å².